The average Bonchev–Trinajstić information content (AvgIpc) is 3.07. The molecule has 0 radical (unpaired) electrons. The van der Waals surface area contributed by atoms with E-state index in [0.29, 0.717) is 22.4 Å². The van der Waals surface area contributed by atoms with Gasteiger partial charge in [-0.15, -0.1) is 0 Å². The highest BCUT2D eigenvalue weighted by atomic mass is 35.5. The summed E-state index contributed by atoms with van der Waals surface area (Å²) in [5.41, 5.74) is 1.39. The maximum atomic E-state index is 12.6. The molecule has 0 saturated carbocycles. The van der Waals surface area contributed by atoms with E-state index < -0.39 is 0 Å². The summed E-state index contributed by atoms with van der Waals surface area (Å²) in [5.74, 6) is 0.691. The lowest BCUT2D eigenvalue weighted by molar-refractivity contribution is 0.0949. The number of hydrogen-bond acceptors (Lipinski definition) is 5. The summed E-state index contributed by atoms with van der Waals surface area (Å²) in [4.78, 5) is 25.0. The number of carbonyl (C=O) groups is 1. The molecule has 8 heteroatoms. The van der Waals surface area contributed by atoms with E-state index in [4.69, 9.17) is 11.6 Å². The highest BCUT2D eigenvalue weighted by Crippen LogP contribution is 2.26. The fourth-order valence-electron chi connectivity index (χ4n) is 2.37. The molecule has 0 bridgehead atoms. The Labute approximate surface area is 156 Å². The van der Waals surface area contributed by atoms with Crippen LogP contribution in [0, 0.1) is 0 Å². The molecule has 26 heavy (non-hydrogen) atoms. The van der Waals surface area contributed by atoms with Gasteiger partial charge in [0.25, 0.3) is 11.9 Å². The average molecular weight is 371 g/mol. The van der Waals surface area contributed by atoms with Crippen LogP contribution in [0.3, 0.4) is 0 Å². The Hall–Kier alpha value is -2.80. The predicted octanol–water partition coefficient (Wildman–Crippen LogP) is 2.94. The van der Waals surface area contributed by atoms with Gasteiger partial charge in [0.05, 0.1) is 6.54 Å². The molecule has 0 atom stereocenters. The van der Waals surface area contributed by atoms with Gasteiger partial charge in [-0.25, -0.2) is 15.0 Å². The number of aromatic nitrogens is 5. The number of benzene rings is 1. The summed E-state index contributed by atoms with van der Waals surface area (Å²) in [7, 11) is 0. The first-order valence-electron chi connectivity index (χ1n) is 8.10. The molecule has 0 aliphatic rings. The van der Waals surface area contributed by atoms with Gasteiger partial charge >= 0.3 is 0 Å². The summed E-state index contributed by atoms with van der Waals surface area (Å²) in [6, 6.07) is 7.10. The van der Waals surface area contributed by atoms with Crippen LogP contribution in [-0.4, -0.2) is 30.6 Å². The molecular weight excluding hydrogens is 352 g/mol. The maximum Gasteiger partial charge on any atom is 0.252 e. The number of carbonyl (C=O) groups excluding carboxylic acids is 1. The quantitative estimate of drug-likeness (QED) is 0.763. The molecule has 7 nitrogen and oxygen atoms in total. The van der Waals surface area contributed by atoms with Crippen LogP contribution in [0.1, 0.15) is 42.5 Å². The van der Waals surface area contributed by atoms with Gasteiger partial charge in [-0.3, -0.25) is 4.79 Å². The lowest BCUT2D eigenvalue weighted by atomic mass is 9.86. The second kappa shape index (κ2) is 7.21. The molecule has 0 fully saturated rings. The number of hydrogen-bond donors (Lipinski definition) is 1. The third-order valence-corrected chi connectivity index (χ3v) is 4.01. The van der Waals surface area contributed by atoms with E-state index >= 15 is 0 Å². The van der Waals surface area contributed by atoms with Gasteiger partial charge in [-0.05, 0) is 35.2 Å². The van der Waals surface area contributed by atoms with Gasteiger partial charge in [-0.1, -0.05) is 32.4 Å². The first-order chi connectivity index (χ1) is 12.3. The fourth-order valence-corrected chi connectivity index (χ4v) is 2.60. The monoisotopic (exact) mass is 370 g/mol. The van der Waals surface area contributed by atoms with Crippen LogP contribution in [0.5, 0.6) is 0 Å². The molecule has 1 amide bonds. The highest BCUT2D eigenvalue weighted by Gasteiger charge is 2.18. The minimum Gasteiger partial charge on any atom is -0.345 e. The zero-order valence-electron chi connectivity index (χ0n) is 14.8. The molecule has 0 aliphatic carbocycles. The van der Waals surface area contributed by atoms with Crippen molar-refractivity contribution in [3.05, 3.63) is 65.0 Å². The van der Waals surface area contributed by atoms with Gasteiger partial charge in [0.2, 0.25) is 0 Å². The van der Waals surface area contributed by atoms with Crippen LogP contribution >= 0.6 is 11.6 Å². The molecular formula is C18H19ClN6O. The number of rotatable bonds is 4. The van der Waals surface area contributed by atoms with Crippen molar-refractivity contribution >= 4 is 17.5 Å². The topological polar surface area (TPSA) is 85.6 Å². The lowest BCUT2D eigenvalue weighted by Crippen LogP contribution is -2.25. The molecule has 0 spiro atoms. The predicted molar refractivity (Wildman–Crippen MR) is 98.3 cm³/mol. The normalized spacial score (nSPS) is 11.4. The van der Waals surface area contributed by atoms with Gasteiger partial charge in [0, 0.05) is 23.0 Å². The molecule has 0 unspecified atom stereocenters. The molecule has 3 aromatic rings. The Morgan fingerprint density at radius 2 is 1.88 bits per heavy atom. The number of halogens is 1. The largest absolute Gasteiger partial charge is 0.345 e. The zero-order chi connectivity index (χ0) is 18.7. The van der Waals surface area contributed by atoms with Gasteiger partial charge in [0.1, 0.15) is 6.33 Å². The first-order valence-corrected chi connectivity index (χ1v) is 8.48. The summed E-state index contributed by atoms with van der Waals surface area (Å²) in [5, 5.41) is 7.48. The van der Waals surface area contributed by atoms with Crippen molar-refractivity contribution in [3.63, 3.8) is 0 Å². The maximum absolute atomic E-state index is 12.6. The van der Waals surface area contributed by atoms with Crippen LogP contribution in [0.15, 0.2) is 43.0 Å². The van der Waals surface area contributed by atoms with Crippen molar-refractivity contribution in [1.82, 2.24) is 30.0 Å². The Morgan fingerprint density at radius 3 is 2.58 bits per heavy atom. The summed E-state index contributed by atoms with van der Waals surface area (Å²) >= 11 is 6.18. The number of nitrogens with one attached hydrogen (secondary N) is 1. The van der Waals surface area contributed by atoms with Gasteiger partial charge < -0.3 is 5.32 Å². The lowest BCUT2D eigenvalue weighted by Gasteiger charge is -2.20. The molecule has 2 heterocycles. The second-order valence-electron chi connectivity index (χ2n) is 6.80. The van der Waals surface area contributed by atoms with Crippen molar-refractivity contribution in [1.29, 1.82) is 0 Å². The Morgan fingerprint density at radius 1 is 1.15 bits per heavy atom. The molecule has 0 aliphatic heterocycles. The molecule has 2 aromatic heterocycles. The third-order valence-electron chi connectivity index (χ3n) is 3.79. The minimum atomic E-state index is -0.235. The standard InChI is InChI=1S/C18H19ClN6O/c1-18(2,3)13-7-12(8-14(19)9-13)16(26)22-10-15-23-11-24-25(15)17-20-5-4-6-21-17/h4-9,11H,10H2,1-3H3,(H,22,26). The van der Waals surface area contributed by atoms with Crippen molar-refractivity contribution in [2.75, 3.05) is 0 Å². The van der Waals surface area contributed by atoms with E-state index in [1.807, 2.05) is 12.1 Å². The SMILES string of the molecule is CC(C)(C)c1cc(Cl)cc(C(=O)NCc2ncnn2-c2ncccn2)c1. The van der Waals surface area contributed by atoms with Crippen molar-refractivity contribution in [2.45, 2.75) is 32.7 Å². The fraction of sp³-hybridized carbons (Fsp3) is 0.278. The van der Waals surface area contributed by atoms with Gasteiger partial charge in [-0.2, -0.15) is 9.78 Å². The van der Waals surface area contributed by atoms with Crippen LogP contribution in [0.25, 0.3) is 5.95 Å². The van der Waals surface area contributed by atoms with E-state index in [0.717, 1.165) is 5.56 Å². The zero-order valence-corrected chi connectivity index (χ0v) is 15.5. The Balaban J connectivity index is 1.77. The third kappa shape index (κ3) is 4.05. The highest BCUT2D eigenvalue weighted by molar-refractivity contribution is 6.31. The van der Waals surface area contributed by atoms with E-state index in [-0.39, 0.29) is 17.9 Å². The van der Waals surface area contributed by atoms with Crippen molar-refractivity contribution < 1.29 is 4.79 Å². The van der Waals surface area contributed by atoms with Crippen molar-refractivity contribution in [3.8, 4) is 5.95 Å². The Bertz CT molecular complexity index is 917. The van der Waals surface area contributed by atoms with E-state index in [1.54, 1.807) is 24.5 Å². The summed E-state index contributed by atoms with van der Waals surface area (Å²) < 4.78 is 1.48. The molecule has 3 rings (SSSR count). The van der Waals surface area contributed by atoms with E-state index in [9.17, 15) is 4.79 Å². The van der Waals surface area contributed by atoms with Crippen LogP contribution < -0.4 is 5.32 Å². The second-order valence-corrected chi connectivity index (χ2v) is 7.23. The van der Waals surface area contributed by atoms with Crippen molar-refractivity contribution in [2.24, 2.45) is 0 Å². The Kier molecular flexibility index (Phi) is 4.99. The van der Waals surface area contributed by atoms with E-state index in [2.05, 4.69) is 46.1 Å². The van der Waals surface area contributed by atoms with E-state index in [1.165, 1.54) is 11.0 Å². The molecule has 1 aromatic carbocycles. The van der Waals surface area contributed by atoms with Gasteiger partial charge in [0.15, 0.2) is 5.82 Å². The molecule has 134 valence electrons. The number of nitrogens with zero attached hydrogens (tertiary/aromatic N) is 5. The van der Waals surface area contributed by atoms with Crippen LogP contribution in [0.4, 0.5) is 0 Å². The minimum absolute atomic E-state index is 0.106. The van der Waals surface area contributed by atoms with Crippen LogP contribution in [-0.2, 0) is 12.0 Å². The first kappa shape index (κ1) is 18.0. The smallest absolute Gasteiger partial charge is 0.252 e. The van der Waals surface area contributed by atoms with Crippen LogP contribution in [0.2, 0.25) is 5.02 Å². The molecule has 0 saturated heterocycles. The summed E-state index contributed by atoms with van der Waals surface area (Å²) in [6.07, 6.45) is 4.63. The summed E-state index contributed by atoms with van der Waals surface area (Å²) in [6.45, 7) is 6.41. The molecule has 1 N–H and O–H groups in total. The number of amides is 1.